The lowest BCUT2D eigenvalue weighted by Gasteiger charge is -2.40. The standard InChI is InChI=1S/C12H24N2O/c1-11(2)3-6-14(7-4-11)9-12(13)5-8-15-10-12/h3-10,13H2,1-2H3. The zero-order chi connectivity index (χ0) is 10.9. The minimum absolute atomic E-state index is 0.0680. The fourth-order valence-corrected chi connectivity index (χ4v) is 2.51. The molecule has 2 saturated heterocycles. The van der Waals surface area contributed by atoms with Gasteiger partial charge in [0, 0.05) is 13.2 Å². The highest BCUT2D eigenvalue weighted by Gasteiger charge is 2.34. The normalized spacial score (nSPS) is 37.0. The average Bonchev–Trinajstić information content (AvgIpc) is 2.57. The van der Waals surface area contributed by atoms with Crippen LogP contribution in [0.25, 0.3) is 0 Å². The summed E-state index contributed by atoms with van der Waals surface area (Å²) in [5.74, 6) is 0. The Balaban J connectivity index is 1.81. The lowest BCUT2D eigenvalue weighted by Crippen LogP contribution is -2.53. The Morgan fingerprint density at radius 2 is 1.87 bits per heavy atom. The van der Waals surface area contributed by atoms with Crippen LogP contribution in [0.2, 0.25) is 0 Å². The van der Waals surface area contributed by atoms with E-state index in [2.05, 4.69) is 18.7 Å². The summed E-state index contributed by atoms with van der Waals surface area (Å²) in [7, 11) is 0. The predicted molar refractivity (Wildman–Crippen MR) is 61.8 cm³/mol. The average molecular weight is 212 g/mol. The van der Waals surface area contributed by atoms with Crippen molar-refractivity contribution in [2.45, 2.75) is 38.6 Å². The minimum Gasteiger partial charge on any atom is -0.379 e. The molecule has 1 atom stereocenters. The first-order valence-corrected chi connectivity index (χ1v) is 6.08. The van der Waals surface area contributed by atoms with Gasteiger partial charge in [0.15, 0.2) is 0 Å². The summed E-state index contributed by atoms with van der Waals surface area (Å²) in [6, 6.07) is 0. The number of ether oxygens (including phenoxy) is 1. The van der Waals surface area contributed by atoms with E-state index in [0.29, 0.717) is 5.41 Å². The molecule has 3 heteroatoms. The van der Waals surface area contributed by atoms with E-state index in [1.165, 1.54) is 25.9 Å². The summed E-state index contributed by atoms with van der Waals surface area (Å²) in [6.45, 7) is 9.73. The molecule has 3 nitrogen and oxygen atoms in total. The number of nitrogens with two attached hydrogens (primary N) is 1. The quantitative estimate of drug-likeness (QED) is 0.748. The number of nitrogens with zero attached hydrogens (tertiary/aromatic N) is 1. The Morgan fingerprint density at radius 3 is 2.40 bits per heavy atom. The SMILES string of the molecule is CC1(C)CCN(CC2(N)CCOC2)CC1. The molecule has 1 unspecified atom stereocenters. The largest absolute Gasteiger partial charge is 0.379 e. The molecule has 2 heterocycles. The molecular formula is C12H24N2O. The third-order valence-electron chi connectivity index (χ3n) is 3.88. The molecule has 2 aliphatic rings. The van der Waals surface area contributed by atoms with Gasteiger partial charge in [-0.25, -0.2) is 0 Å². The van der Waals surface area contributed by atoms with Crippen LogP contribution in [0.4, 0.5) is 0 Å². The van der Waals surface area contributed by atoms with Gasteiger partial charge >= 0.3 is 0 Å². The second-order valence-corrected chi connectivity index (χ2v) is 6.11. The highest BCUT2D eigenvalue weighted by atomic mass is 16.5. The van der Waals surface area contributed by atoms with Crippen molar-refractivity contribution in [2.24, 2.45) is 11.1 Å². The van der Waals surface area contributed by atoms with E-state index in [4.69, 9.17) is 10.5 Å². The molecule has 2 rings (SSSR count). The third-order valence-corrected chi connectivity index (χ3v) is 3.88. The van der Waals surface area contributed by atoms with Crippen LogP contribution >= 0.6 is 0 Å². The molecule has 2 aliphatic heterocycles. The van der Waals surface area contributed by atoms with Crippen molar-refractivity contribution in [3.05, 3.63) is 0 Å². The van der Waals surface area contributed by atoms with Gasteiger partial charge in [0.2, 0.25) is 0 Å². The van der Waals surface area contributed by atoms with Gasteiger partial charge < -0.3 is 15.4 Å². The van der Waals surface area contributed by atoms with Crippen LogP contribution in [0.3, 0.4) is 0 Å². The van der Waals surface area contributed by atoms with Gasteiger partial charge in [-0.3, -0.25) is 0 Å². The summed E-state index contributed by atoms with van der Waals surface area (Å²) in [5, 5.41) is 0. The number of hydrogen-bond donors (Lipinski definition) is 1. The molecule has 2 N–H and O–H groups in total. The van der Waals surface area contributed by atoms with Gasteiger partial charge in [-0.05, 0) is 37.8 Å². The number of likely N-dealkylation sites (tertiary alicyclic amines) is 1. The molecule has 0 bridgehead atoms. The lowest BCUT2D eigenvalue weighted by molar-refractivity contribution is 0.0998. The van der Waals surface area contributed by atoms with Crippen molar-refractivity contribution in [1.29, 1.82) is 0 Å². The molecule has 15 heavy (non-hydrogen) atoms. The number of hydrogen-bond acceptors (Lipinski definition) is 3. The molecular weight excluding hydrogens is 188 g/mol. The summed E-state index contributed by atoms with van der Waals surface area (Å²) in [5.41, 5.74) is 6.76. The first kappa shape index (κ1) is 11.4. The zero-order valence-corrected chi connectivity index (χ0v) is 10.1. The number of piperidine rings is 1. The van der Waals surface area contributed by atoms with Crippen LogP contribution in [0, 0.1) is 5.41 Å². The van der Waals surface area contributed by atoms with Gasteiger partial charge in [0.1, 0.15) is 0 Å². The summed E-state index contributed by atoms with van der Waals surface area (Å²) >= 11 is 0. The van der Waals surface area contributed by atoms with E-state index >= 15 is 0 Å². The van der Waals surface area contributed by atoms with Gasteiger partial charge in [0.05, 0.1) is 12.1 Å². The van der Waals surface area contributed by atoms with E-state index in [-0.39, 0.29) is 5.54 Å². The maximum atomic E-state index is 6.29. The van der Waals surface area contributed by atoms with Crippen LogP contribution in [0.1, 0.15) is 33.1 Å². The molecule has 0 spiro atoms. The van der Waals surface area contributed by atoms with E-state index in [1.807, 2.05) is 0 Å². The lowest BCUT2D eigenvalue weighted by atomic mass is 9.82. The molecule has 88 valence electrons. The topological polar surface area (TPSA) is 38.5 Å². The van der Waals surface area contributed by atoms with Crippen LogP contribution in [0.5, 0.6) is 0 Å². The van der Waals surface area contributed by atoms with Crippen molar-refractivity contribution in [3.63, 3.8) is 0 Å². The molecule has 0 aromatic heterocycles. The van der Waals surface area contributed by atoms with Crippen molar-refractivity contribution < 1.29 is 4.74 Å². The van der Waals surface area contributed by atoms with E-state index in [0.717, 1.165) is 26.2 Å². The zero-order valence-electron chi connectivity index (χ0n) is 10.1. The fraction of sp³-hybridized carbons (Fsp3) is 1.00. The molecule has 2 fully saturated rings. The van der Waals surface area contributed by atoms with Gasteiger partial charge in [-0.15, -0.1) is 0 Å². The van der Waals surface area contributed by atoms with Crippen LogP contribution in [0.15, 0.2) is 0 Å². The summed E-state index contributed by atoms with van der Waals surface area (Å²) in [4.78, 5) is 2.51. The van der Waals surface area contributed by atoms with Crippen LogP contribution in [-0.2, 0) is 4.74 Å². The van der Waals surface area contributed by atoms with Gasteiger partial charge in [-0.2, -0.15) is 0 Å². The van der Waals surface area contributed by atoms with E-state index in [1.54, 1.807) is 0 Å². The Kier molecular flexibility index (Phi) is 3.06. The first-order chi connectivity index (χ1) is 6.99. The summed E-state index contributed by atoms with van der Waals surface area (Å²) < 4.78 is 5.39. The van der Waals surface area contributed by atoms with Gasteiger partial charge in [0.25, 0.3) is 0 Å². The third kappa shape index (κ3) is 2.92. The molecule has 0 aliphatic carbocycles. The highest BCUT2D eigenvalue weighted by Crippen LogP contribution is 2.30. The minimum atomic E-state index is -0.0680. The van der Waals surface area contributed by atoms with Crippen molar-refractivity contribution in [3.8, 4) is 0 Å². The molecule has 0 aromatic rings. The van der Waals surface area contributed by atoms with E-state index < -0.39 is 0 Å². The molecule has 0 aromatic carbocycles. The molecule has 0 saturated carbocycles. The van der Waals surface area contributed by atoms with Crippen molar-refractivity contribution in [2.75, 3.05) is 32.8 Å². The Bertz CT molecular complexity index is 212. The Morgan fingerprint density at radius 1 is 1.20 bits per heavy atom. The van der Waals surface area contributed by atoms with Crippen LogP contribution < -0.4 is 5.73 Å². The fourth-order valence-electron chi connectivity index (χ4n) is 2.51. The van der Waals surface area contributed by atoms with E-state index in [9.17, 15) is 0 Å². The van der Waals surface area contributed by atoms with Crippen molar-refractivity contribution >= 4 is 0 Å². The molecule has 0 amide bonds. The maximum absolute atomic E-state index is 6.29. The van der Waals surface area contributed by atoms with Crippen molar-refractivity contribution in [1.82, 2.24) is 4.90 Å². The Labute approximate surface area is 93.0 Å². The second kappa shape index (κ2) is 4.04. The summed E-state index contributed by atoms with van der Waals surface area (Å²) in [6.07, 6.45) is 3.61. The second-order valence-electron chi connectivity index (χ2n) is 6.11. The number of rotatable bonds is 2. The maximum Gasteiger partial charge on any atom is 0.0659 e. The highest BCUT2D eigenvalue weighted by molar-refractivity contribution is 4.92. The monoisotopic (exact) mass is 212 g/mol. The van der Waals surface area contributed by atoms with Crippen LogP contribution in [-0.4, -0.2) is 43.3 Å². The first-order valence-electron chi connectivity index (χ1n) is 6.08. The molecule has 0 radical (unpaired) electrons. The smallest absolute Gasteiger partial charge is 0.0659 e. The van der Waals surface area contributed by atoms with Gasteiger partial charge in [-0.1, -0.05) is 13.8 Å². The predicted octanol–water partition coefficient (Wildman–Crippen LogP) is 1.23. The Hall–Kier alpha value is -0.120.